The van der Waals surface area contributed by atoms with E-state index in [2.05, 4.69) is 0 Å². The number of primary amides is 1. The zero-order valence-electron chi connectivity index (χ0n) is 10.6. The normalized spacial score (nSPS) is 12.1. The highest BCUT2D eigenvalue weighted by atomic mass is 16.5. The quantitative estimate of drug-likeness (QED) is 0.749. The number of hydrogen-bond acceptors (Lipinski definition) is 4. The summed E-state index contributed by atoms with van der Waals surface area (Å²) < 4.78 is 10.4. The molecule has 0 aliphatic carbocycles. The van der Waals surface area contributed by atoms with Crippen molar-refractivity contribution in [3.63, 3.8) is 0 Å². The van der Waals surface area contributed by atoms with Crippen molar-refractivity contribution < 1.29 is 24.2 Å². The fraction of sp³-hybridized carbons (Fsp3) is 0.231. The molecule has 1 aromatic carbocycles. The number of benzene rings is 1. The zero-order chi connectivity index (χ0) is 14.4. The van der Waals surface area contributed by atoms with Crippen LogP contribution >= 0.6 is 0 Å². The number of aliphatic carboxylic acids is 1. The van der Waals surface area contributed by atoms with Crippen molar-refractivity contribution >= 4 is 18.0 Å². The molecular weight excluding hydrogens is 250 g/mol. The van der Waals surface area contributed by atoms with Gasteiger partial charge >= 0.3 is 5.97 Å². The van der Waals surface area contributed by atoms with Crippen LogP contribution in [0.4, 0.5) is 0 Å². The van der Waals surface area contributed by atoms with Crippen molar-refractivity contribution in [2.45, 2.75) is 13.0 Å². The number of methoxy groups -OCH3 is 1. The third kappa shape index (κ3) is 4.34. The number of amides is 1. The fourth-order valence-corrected chi connectivity index (χ4v) is 1.29. The van der Waals surface area contributed by atoms with Crippen LogP contribution in [0.5, 0.6) is 11.5 Å². The molecule has 102 valence electrons. The average Bonchev–Trinajstić information content (AvgIpc) is 2.36. The van der Waals surface area contributed by atoms with E-state index in [1.807, 2.05) is 0 Å². The van der Waals surface area contributed by atoms with Crippen molar-refractivity contribution in [2.75, 3.05) is 7.11 Å². The van der Waals surface area contributed by atoms with Gasteiger partial charge in [-0.15, -0.1) is 0 Å². The highest BCUT2D eigenvalue weighted by Gasteiger charge is 2.13. The molecule has 0 bridgehead atoms. The van der Waals surface area contributed by atoms with Gasteiger partial charge in [0, 0.05) is 17.7 Å². The smallest absolute Gasteiger partial charge is 0.328 e. The third-order valence-electron chi connectivity index (χ3n) is 2.33. The molecule has 1 aromatic rings. The Morgan fingerprint density at radius 1 is 1.42 bits per heavy atom. The van der Waals surface area contributed by atoms with E-state index in [9.17, 15) is 9.59 Å². The summed E-state index contributed by atoms with van der Waals surface area (Å²) in [6.45, 7) is 1.51. The van der Waals surface area contributed by atoms with Crippen LogP contribution in [0.25, 0.3) is 6.08 Å². The molecule has 0 fully saturated rings. The maximum atomic E-state index is 11.0. The molecule has 0 spiro atoms. The Morgan fingerprint density at radius 3 is 2.63 bits per heavy atom. The van der Waals surface area contributed by atoms with Crippen LogP contribution in [-0.2, 0) is 9.59 Å². The van der Waals surface area contributed by atoms with Gasteiger partial charge in [-0.3, -0.25) is 4.79 Å². The Labute approximate surface area is 110 Å². The van der Waals surface area contributed by atoms with Crippen LogP contribution in [0.15, 0.2) is 24.3 Å². The van der Waals surface area contributed by atoms with E-state index in [-0.39, 0.29) is 0 Å². The SMILES string of the molecule is COc1ccc(/C=C/C(=O)O)c(OC(C)C(N)=O)c1. The Balaban J connectivity index is 3.08. The highest BCUT2D eigenvalue weighted by Crippen LogP contribution is 2.26. The second-order valence-electron chi connectivity index (χ2n) is 3.74. The van der Waals surface area contributed by atoms with E-state index in [0.29, 0.717) is 17.1 Å². The van der Waals surface area contributed by atoms with Crippen LogP contribution < -0.4 is 15.2 Å². The summed E-state index contributed by atoms with van der Waals surface area (Å²) in [4.78, 5) is 21.5. The minimum absolute atomic E-state index is 0.322. The number of carboxylic acid groups (broad SMARTS) is 1. The summed E-state index contributed by atoms with van der Waals surface area (Å²) in [7, 11) is 1.49. The second-order valence-corrected chi connectivity index (χ2v) is 3.74. The summed E-state index contributed by atoms with van der Waals surface area (Å²) in [5.41, 5.74) is 5.63. The molecule has 0 radical (unpaired) electrons. The third-order valence-corrected chi connectivity index (χ3v) is 2.33. The standard InChI is InChI=1S/C13H15NO5/c1-8(13(14)17)19-11-7-10(18-2)5-3-9(11)4-6-12(15)16/h3-8H,1-2H3,(H2,14,17)(H,15,16)/b6-4+. The van der Waals surface area contributed by atoms with Crippen molar-refractivity contribution in [1.29, 1.82) is 0 Å². The molecule has 0 saturated heterocycles. The van der Waals surface area contributed by atoms with Gasteiger partial charge in [-0.2, -0.15) is 0 Å². The van der Waals surface area contributed by atoms with E-state index in [0.717, 1.165) is 6.08 Å². The van der Waals surface area contributed by atoms with E-state index >= 15 is 0 Å². The molecule has 6 nitrogen and oxygen atoms in total. The lowest BCUT2D eigenvalue weighted by Crippen LogP contribution is -2.30. The van der Waals surface area contributed by atoms with E-state index in [4.69, 9.17) is 20.3 Å². The van der Waals surface area contributed by atoms with Crippen molar-refractivity contribution in [2.24, 2.45) is 5.73 Å². The second kappa shape index (κ2) is 6.44. The first kappa shape index (κ1) is 14.6. The van der Waals surface area contributed by atoms with Crippen LogP contribution in [0.3, 0.4) is 0 Å². The van der Waals surface area contributed by atoms with Crippen LogP contribution in [0.1, 0.15) is 12.5 Å². The van der Waals surface area contributed by atoms with Crippen LogP contribution in [-0.4, -0.2) is 30.2 Å². The predicted octanol–water partition coefficient (Wildman–Crippen LogP) is 1.05. The van der Waals surface area contributed by atoms with Gasteiger partial charge in [-0.05, 0) is 25.1 Å². The summed E-state index contributed by atoms with van der Waals surface area (Å²) in [6, 6.07) is 4.84. The minimum atomic E-state index is -1.08. The number of carbonyl (C=O) groups excluding carboxylic acids is 1. The highest BCUT2D eigenvalue weighted by molar-refractivity contribution is 5.86. The van der Waals surface area contributed by atoms with Crippen LogP contribution in [0.2, 0.25) is 0 Å². The summed E-state index contributed by atoms with van der Waals surface area (Å²) in [6.07, 6.45) is 1.51. The van der Waals surface area contributed by atoms with Gasteiger partial charge in [0.25, 0.3) is 5.91 Å². The minimum Gasteiger partial charge on any atom is -0.497 e. The first-order valence-corrected chi connectivity index (χ1v) is 5.49. The first-order chi connectivity index (χ1) is 8.93. The topological polar surface area (TPSA) is 98.8 Å². The molecular formula is C13H15NO5. The lowest BCUT2D eigenvalue weighted by atomic mass is 10.1. The van der Waals surface area contributed by atoms with Gasteiger partial charge in [0.05, 0.1) is 7.11 Å². The lowest BCUT2D eigenvalue weighted by molar-refractivity contribution is -0.131. The Kier molecular flexibility index (Phi) is 4.93. The number of carbonyl (C=O) groups is 2. The maximum Gasteiger partial charge on any atom is 0.328 e. The van der Waals surface area contributed by atoms with Gasteiger partial charge in [-0.1, -0.05) is 0 Å². The monoisotopic (exact) mass is 265 g/mol. The molecule has 3 N–H and O–H groups in total. The Morgan fingerprint density at radius 2 is 2.11 bits per heavy atom. The molecule has 19 heavy (non-hydrogen) atoms. The summed E-state index contributed by atoms with van der Waals surface area (Å²) >= 11 is 0. The van der Waals surface area contributed by atoms with Gasteiger partial charge in [0.1, 0.15) is 11.5 Å². The molecule has 0 aromatic heterocycles. The average molecular weight is 265 g/mol. The molecule has 0 heterocycles. The lowest BCUT2D eigenvalue weighted by Gasteiger charge is -2.14. The zero-order valence-corrected chi connectivity index (χ0v) is 10.6. The van der Waals surface area contributed by atoms with Gasteiger partial charge in [0.15, 0.2) is 6.10 Å². The maximum absolute atomic E-state index is 11.0. The van der Waals surface area contributed by atoms with Gasteiger partial charge in [0.2, 0.25) is 0 Å². The molecule has 0 aliphatic rings. The van der Waals surface area contributed by atoms with Crippen molar-refractivity contribution in [3.05, 3.63) is 29.8 Å². The number of ether oxygens (including phenoxy) is 2. The molecule has 1 unspecified atom stereocenters. The predicted molar refractivity (Wildman–Crippen MR) is 68.9 cm³/mol. The molecule has 1 atom stereocenters. The Bertz CT molecular complexity index is 510. The van der Waals surface area contributed by atoms with E-state index in [1.54, 1.807) is 18.2 Å². The summed E-state index contributed by atoms with van der Waals surface area (Å²) in [5, 5.41) is 8.61. The molecule has 6 heteroatoms. The fourth-order valence-electron chi connectivity index (χ4n) is 1.29. The molecule has 0 saturated carbocycles. The van der Waals surface area contributed by atoms with E-state index in [1.165, 1.54) is 20.1 Å². The summed E-state index contributed by atoms with van der Waals surface area (Å²) in [5.74, 6) is -0.844. The number of rotatable bonds is 6. The van der Waals surface area contributed by atoms with Gasteiger partial charge in [-0.25, -0.2) is 4.79 Å². The number of nitrogens with two attached hydrogens (primary N) is 1. The first-order valence-electron chi connectivity index (χ1n) is 5.49. The molecule has 1 rings (SSSR count). The number of carboxylic acids is 1. The number of hydrogen-bond donors (Lipinski definition) is 2. The van der Waals surface area contributed by atoms with Crippen LogP contribution in [0, 0.1) is 0 Å². The van der Waals surface area contributed by atoms with Crippen molar-refractivity contribution in [3.8, 4) is 11.5 Å². The molecule has 0 aliphatic heterocycles. The van der Waals surface area contributed by atoms with Gasteiger partial charge < -0.3 is 20.3 Å². The largest absolute Gasteiger partial charge is 0.497 e. The molecule has 1 amide bonds. The van der Waals surface area contributed by atoms with E-state index < -0.39 is 18.0 Å². The van der Waals surface area contributed by atoms with Crippen molar-refractivity contribution in [1.82, 2.24) is 0 Å². The Hall–Kier alpha value is -2.50.